The number of carbonyl (C=O) groups is 1. The van der Waals surface area contributed by atoms with Crippen molar-refractivity contribution in [2.45, 2.75) is 25.5 Å². The Labute approximate surface area is 142 Å². The number of halogens is 3. The van der Waals surface area contributed by atoms with Gasteiger partial charge in [-0.1, -0.05) is 15.9 Å². The first-order valence-corrected chi connectivity index (χ1v) is 8.03. The van der Waals surface area contributed by atoms with Gasteiger partial charge >= 0.3 is 6.61 Å². The van der Waals surface area contributed by atoms with Gasteiger partial charge in [-0.3, -0.25) is 4.79 Å². The highest BCUT2D eigenvalue weighted by molar-refractivity contribution is 9.10. The second-order valence-corrected chi connectivity index (χ2v) is 6.47. The summed E-state index contributed by atoms with van der Waals surface area (Å²) in [5, 5.41) is 2.77. The number of hydrogen-bond donors (Lipinski definition) is 1. The van der Waals surface area contributed by atoms with E-state index < -0.39 is 12.5 Å². The molecule has 1 saturated carbocycles. The van der Waals surface area contributed by atoms with Crippen molar-refractivity contribution in [3.05, 3.63) is 22.2 Å². The van der Waals surface area contributed by atoms with E-state index in [2.05, 4.69) is 26.0 Å². The van der Waals surface area contributed by atoms with Crippen LogP contribution in [-0.4, -0.2) is 50.7 Å². The van der Waals surface area contributed by atoms with E-state index in [1.54, 1.807) is 6.07 Å². The number of alkyl halides is 2. The zero-order valence-corrected chi connectivity index (χ0v) is 14.5. The van der Waals surface area contributed by atoms with Crippen molar-refractivity contribution in [3.8, 4) is 11.5 Å². The summed E-state index contributed by atoms with van der Waals surface area (Å²) >= 11 is 3.22. The summed E-state index contributed by atoms with van der Waals surface area (Å²) in [7, 11) is 3.77. The quantitative estimate of drug-likeness (QED) is 0.738. The summed E-state index contributed by atoms with van der Waals surface area (Å²) < 4.78 is 35.9. The predicted molar refractivity (Wildman–Crippen MR) is 85.3 cm³/mol. The molecule has 0 aromatic heterocycles. The molecule has 0 saturated heterocycles. The Bertz CT molecular complexity index is 566. The van der Waals surface area contributed by atoms with Crippen LogP contribution < -0.4 is 14.8 Å². The zero-order chi connectivity index (χ0) is 17.0. The zero-order valence-electron chi connectivity index (χ0n) is 12.9. The molecule has 0 atom stereocenters. The van der Waals surface area contributed by atoms with Gasteiger partial charge in [-0.15, -0.1) is 0 Å². The Hall–Kier alpha value is -1.41. The molecule has 0 aliphatic heterocycles. The lowest BCUT2D eigenvalue weighted by Gasteiger charge is -2.17. The van der Waals surface area contributed by atoms with Crippen LogP contribution in [0.1, 0.15) is 23.2 Å². The van der Waals surface area contributed by atoms with E-state index in [1.165, 1.54) is 6.07 Å². The molecule has 0 heterocycles. The highest BCUT2D eigenvalue weighted by atomic mass is 79.9. The molecule has 8 heteroatoms. The maximum Gasteiger partial charge on any atom is 0.387 e. The van der Waals surface area contributed by atoms with E-state index in [-0.39, 0.29) is 23.1 Å². The molecule has 128 valence electrons. The molecule has 1 N–H and O–H groups in total. The Morgan fingerprint density at radius 2 is 2.04 bits per heavy atom. The van der Waals surface area contributed by atoms with Gasteiger partial charge in [0.2, 0.25) is 0 Å². The number of carbonyl (C=O) groups excluding carboxylic acids is 1. The molecule has 1 fully saturated rings. The van der Waals surface area contributed by atoms with Crippen molar-refractivity contribution in [2.24, 2.45) is 0 Å². The second kappa shape index (κ2) is 7.92. The summed E-state index contributed by atoms with van der Waals surface area (Å²) in [5.41, 5.74) is -0.000781. The lowest BCUT2D eigenvalue weighted by Crippen LogP contribution is -2.27. The molecule has 1 aromatic carbocycles. The SMILES string of the molecule is CN(C)CCOc1cc(Br)cc(OC(F)F)c1C(=O)NC1CC1. The smallest absolute Gasteiger partial charge is 0.387 e. The third-order valence-corrected chi connectivity index (χ3v) is 3.64. The molecule has 1 aliphatic carbocycles. The molecule has 23 heavy (non-hydrogen) atoms. The second-order valence-electron chi connectivity index (χ2n) is 5.56. The molecule has 0 spiro atoms. The van der Waals surface area contributed by atoms with Gasteiger partial charge < -0.3 is 19.7 Å². The number of hydrogen-bond acceptors (Lipinski definition) is 4. The average molecular weight is 393 g/mol. The maximum absolute atomic E-state index is 12.6. The van der Waals surface area contributed by atoms with E-state index in [9.17, 15) is 13.6 Å². The Kier molecular flexibility index (Phi) is 6.17. The minimum Gasteiger partial charge on any atom is -0.491 e. The molecule has 0 radical (unpaired) electrons. The van der Waals surface area contributed by atoms with Gasteiger partial charge in [0.25, 0.3) is 5.91 Å². The monoisotopic (exact) mass is 392 g/mol. The highest BCUT2D eigenvalue weighted by Crippen LogP contribution is 2.35. The summed E-state index contributed by atoms with van der Waals surface area (Å²) in [6, 6.07) is 3.02. The lowest BCUT2D eigenvalue weighted by molar-refractivity contribution is -0.0503. The molecule has 0 bridgehead atoms. The van der Waals surface area contributed by atoms with Crippen LogP contribution in [0, 0.1) is 0 Å². The van der Waals surface area contributed by atoms with Gasteiger partial charge in [0.1, 0.15) is 23.7 Å². The number of nitrogens with one attached hydrogen (secondary N) is 1. The van der Waals surface area contributed by atoms with Crippen LogP contribution in [0.15, 0.2) is 16.6 Å². The van der Waals surface area contributed by atoms with Gasteiger partial charge in [0.15, 0.2) is 0 Å². The third-order valence-electron chi connectivity index (χ3n) is 3.18. The van der Waals surface area contributed by atoms with Crippen LogP contribution in [0.2, 0.25) is 0 Å². The largest absolute Gasteiger partial charge is 0.491 e. The van der Waals surface area contributed by atoms with Crippen LogP contribution >= 0.6 is 15.9 Å². The number of rotatable bonds is 8. The first-order valence-electron chi connectivity index (χ1n) is 7.23. The van der Waals surface area contributed by atoms with Crippen molar-refractivity contribution >= 4 is 21.8 Å². The van der Waals surface area contributed by atoms with Gasteiger partial charge in [0.05, 0.1) is 0 Å². The van der Waals surface area contributed by atoms with Gasteiger partial charge in [-0.2, -0.15) is 8.78 Å². The topological polar surface area (TPSA) is 50.8 Å². The van der Waals surface area contributed by atoms with E-state index in [1.807, 2.05) is 19.0 Å². The standard InChI is InChI=1S/C15H19BrF2N2O3/c1-20(2)5-6-22-11-7-9(16)8-12(23-15(17)18)13(11)14(21)19-10-3-4-10/h7-8,10,15H,3-6H2,1-2H3,(H,19,21). The number of ether oxygens (including phenoxy) is 2. The molecule has 1 aliphatic rings. The van der Waals surface area contributed by atoms with E-state index >= 15 is 0 Å². The molecule has 1 amide bonds. The van der Waals surface area contributed by atoms with Crippen LogP contribution in [0.3, 0.4) is 0 Å². The van der Waals surface area contributed by atoms with Crippen LogP contribution in [-0.2, 0) is 0 Å². The Morgan fingerprint density at radius 1 is 1.39 bits per heavy atom. The first-order chi connectivity index (χ1) is 10.9. The van der Waals surface area contributed by atoms with Crippen molar-refractivity contribution < 1.29 is 23.0 Å². The normalized spacial score (nSPS) is 14.2. The average Bonchev–Trinajstić information content (AvgIpc) is 3.20. The number of likely N-dealkylation sites (N-methyl/N-ethyl adjacent to an activating group) is 1. The number of amides is 1. The van der Waals surface area contributed by atoms with E-state index in [0.717, 1.165) is 12.8 Å². The minimum absolute atomic E-state index is 0.000781. The van der Waals surface area contributed by atoms with Gasteiger partial charge in [-0.25, -0.2) is 0 Å². The molecule has 2 rings (SSSR count). The highest BCUT2D eigenvalue weighted by Gasteiger charge is 2.28. The number of nitrogens with zero attached hydrogens (tertiary/aromatic N) is 1. The third kappa shape index (κ3) is 5.62. The maximum atomic E-state index is 12.6. The fourth-order valence-corrected chi connectivity index (χ4v) is 2.32. The molecule has 0 unspecified atom stereocenters. The van der Waals surface area contributed by atoms with Crippen molar-refractivity contribution in [3.63, 3.8) is 0 Å². The van der Waals surface area contributed by atoms with Crippen LogP contribution in [0.5, 0.6) is 11.5 Å². The fourth-order valence-electron chi connectivity index (χ4n) is 1.91. The Balaban J connectivity index is 2.27. The van der Waals surface area contributed by atoms with E-state index in [0.29, 0.717) is 17.6 Å². The fraction of sp³-hybridized carbons (Fsp3) is 0.533. The summed E-state index contributed by atoms with van der Waals surface area (Å²) in [4.78, 5) is 14.3. The van der Waals surface area contributed by atoms with Crippen molar-refractivity contribution in [1.82, 2.24) is 10.2 Å². The molecular weight excluding hydrogens is 374 g/mol. The summed E-state index contributed by atoms with van der Waals surface area (Å²) in [6.07, 6.45) is 1.79. The minimum atomic E-state index is -3.02. The molecule has 5 nitrogen and oxygen atoms in total. The van der Waals surface area contributed by atoms with Crippen molar-refractivity contribution in [2.75, 3.05) is 27.2 Å². The number of benzene rings is 1. The van der Waals surface area contributed by atoms with Gasteiger partial charge in [-0.05, 0) is 39.1 Å². The Morgan fingerprint density at radius 3 is 2.61 bits per heavy atom. The first kappa shape index (κ1) is 17.9. The summed E-state index contributed by atoms with van der Waals surface area (Å²) in [5.74, 6) is -0.446. The predicted octanol–water partition coefficient (Wildman–Crippen LogP) is 2.88. The van der Waals surface area contributed by atoms with Gasteiger partial charge in [0, 0.05) is 17.1 Å². The van der Waals surface area contributed by atoms with Crippen LogP contribution in [0.4, 0.5) is 8.78 Å². The van der Waals surface area contributed by atoms with Crippen LogP contribution in [0.25, 0.3) is 0 Å². The van der Waals surface area contributed by atoms with Crippen molar-refractivity contribution in [1.29, 1.82) is 0 Å². The van der Waals surface area contributed by atoms with E-state index in [4.69, 9.17) is 4.74 Å². The lowest BCUT2D eigenvalue weighted by atomic mass is 10.1. The molecular formula is C15H19BrF2N2O3. The molecule has 1 aromatic rings. The summed E-state index contributed by atoms with van der Waals surface area (Å²) in [6.45, 7) is -2.07.